The fraction of sp³-hybridized carbons (Fsp3) is 0.529. The van der Waals surface area contributed by atoms with E-state index in [9.17, 15) is 19.5 Å². The largest absolute Gasteiger partial charge is 0.477 e. The number of likely N-dealkylation sites (N-methyl/N-ethyl adjacent to an activating group) is 1. The highest BCUT2D eigenvalue weighted by atomic mass is 16.7. The number of carboxylic acid groups (broad SMARTS) is 1. The molecule has 0 fully saturated rings. The number of hydrogen-bond donors (Lipinski definition) is 1. The zero-order chi connectivity index (χ0) is 57.6. The molecule has 0 saturated heterocycles. The summed E-state index contributed by atoms with van der Waals surface area (Å²) in [5, 5.41) is 9.71. The maximum absolute atomic E-state index is 12.9. The van der Waals surface area contributed by atoms with Crippen molar-refractivity contribution in [3.63, 3.8) is 0 Å². The van der Waals surface area contributed by atoms with E-state index >= 15 is 0 Å². The first-order valence-corrected chi connectivity index (χ1v) is 29.9. The SMILES string of the molecule is CC/C=C\C/C=C\C/C=C\C/C=C\C/C=C\C/C=C\C/C=C\C/C=C\CCCCCCCCC(=O)OC(COC(=O)CCC/C=C\C/C=C\C/C=C\C/C=C\C/C=C\C/C=C\C/C=C\CC)COC(OCC[N+](C)(C)C)C(=O)O. The van der Waals surface area contributed by atoms with Gasteiger partial charge < -0.3 is 28.5 Å². The van der Waals surface area contributed by atoms with Crippen LogP contribution in [-0.4, -0.2) is 87.4 Å². The number of rotatable bonds is 52. The summed E-state index contributed by atoms with van der Waals surface area (Å²) in [4.78, 5) is 37.4. The molecule has 440 valence electrons. The van der Waals surface area contributed by atoms with Crippen LogP contribution in [0, 0.1) is 0 Å². The van der Waals surface area contributed by atoms with Crippen molar-refractivity contribution in [1.29, 1.82) is 0 Å². The summed E-state index contributed by atoms with van der Waals surface area (Å²) in [7, 11) is 5.93. The standard InChI is InChI=1S/C70H107NO8/c1-6-8-10-12-14-16-18-20-22-24-26-28-30-31-32-33-34-35-36-37-39-41-43-45-47-49-51-53-55-57-59-61-68(73)79-66(65-78-70(69(74)75)76-63-62-71(3,4)5)64-77-67(72)60-58-56-54-52-50-48-46-44-42-40-38-29-27-25-23-21-19-17-15-13-11-9-7-2/h8-11,14-17,20-23,26-29,31-32,34-35,37,39-40,42-43,45-46,48,52,54,66,70H,6-7,12-13,18-19,24-25,30,33,36,38,41,44,47,49-51,53,55-65H2,1-5H3/p+1/b10-8-,11-9-,16-14-,17-15-,22-20-,23-21-,28-26-,29-27-,32-31-,35-34-,39-37-,42-40-,45-43-,48-46-,54-52-. The molecule has 0 rings (SSSR count). The Morgan fingerprint density at radius 3 is 1.05 bits per heavy atom. The summed E-state index contributed by atoms with van der Waals surface area (Å²) >= 11 is 0. The van der Waals surface area contributed by atoms with Crippen LogP contribution in [0.3, 0.4) is 0 Å². The quantitative estimate of drug-likeness (QED) is 0.0211. The molecule has 0 aromatic rings. The summed E-state index contributed by atoms with van der Waals surface area (Å²) in [6.45, 7) is 4.52. The van der Waals surface area contributed by atoms with E-state index in [1.165, 1.54) is 0 Å². The molecule has 0 heterocycles. The molecule has 1 N–H and O–H groups in total. The number of hydrogen-bond acceptors (Lipinski definition) is 7. The summed E-state index contributed by atoms with van der Waals surface area (Å²) < 4.78 is 22.8. The van der Waals surface area contributed by atoms with Crippen LogP contribution < -0.4 is 0 Å². The number of esters is 2. The molecule has 2 unspecified atom stereocenters. The lowest BCUT2D eigenvalue weighted by atomic mass is 10.1. The third kappa shape index (κ3) is 59.9. The van der Waals surface area contributed by atoms with E-state index in [1.54, 1.807) is 0 Å². The van der Waals surface area contributed by atoms with Gasteiger partial charge in [-0.25, -0.2) is 4.79 Å². The van der Waals surface area contributed by atoms with Crippen molar-refractivity contribution in [2.75, 3.05) is 47.5 Å². The van der Waals surface area contributed by atoms with Gasteiger partial charge in [-0.2, -0.15) is 0 Å². The second kappa shape index (κ2) is 58.5. The molecule has 9 heteroatoms. The lowest BCUT2D eigenvalue weighted by Crippen LogP contribution is -2.40. The molecule has 0 amide bonds. The van der Waals surface area contributed by atoms with Gasteiger partial charge in [0.05, 0.1) is 34.4 Å². The van der Waals surface area contributed by atoms with Crippen molar-refractivity contribution in [3.8, 4) is 0 Å². The Bertz CT molecular complexity index is 1940. The number of carboxylic acids is 1. The number of unbranched alkanes of at least 4 members (excludes halogenated alkanes) is 7. The molecular formula is C70H108NO8+. The van der Waals surface area contributed by atoms with Gasteiger partial charge in [0.25, 0.3) is 6.29 Å². The molecule has 0 aliphatic rings. The molecule has 0 aromatic heterocycles. The van der Waals surface area contributed by atoms with Gasteiger partial charge in [-0.3, -0.25) is 9.59 Å². The molecule has 0 saturated carbocycles. The average molecular weight is 1090 g/mol. The predicted octanol–water partition coefficient (Wildman–Crippen LogP) is 18.1. The highest BCUT2D eigenvalue weighted by molar-refractivity contribution is 5.71. The van der Waals surface area contributed by atoms with Gasteiger partial charge in [0.1, 0.15) is 13.2 Å². The smallest absolute Gasteiger partial charge is 0.361 e. The summed E-state index contributed by atoms with van der Waals surface area (Å²) in [6, 6.07) is 0. The van der Waals surface area contributed by atoms with Crippen LogP contribution in [0.1, 0.15) is 181 Å². The van der Waals surface area contributed by atoms with Crippen LogP contribution in [-0.2, 0) is 33.3 Å². The summed E-state index contributed by atoms with van der Waals surface area (Å²) in [5.41, 5.74) is 0. The Kier molecular flexibility index (Phi) is 54.4. The number of nitrogens with zero attached hydrogens (tertiary/aromatic N) is 1. The Morgan fingerprint density at radius 2 is 0.696 bits per heavy atom. The fourth-order valence-corrected chi connectivity index (χ4v) is 7.13. The van der Waals surface area contributed by atoms with E-state index in [-0.39, 0.29) is 32.7 Å². The molecular weight excluding hydrogens is 983 g/mol. The highest BCUT2D eigenvalue weighted by Crippen LogP contribution is 2.12. The van der Waals surface area contributed by atoms with E-state index in [2.05, 4.69) is 196 Å². The second-order valence-corrected chi connectivity index (χ2v) is 20.2. The number of carbonyl (C=O) groups is 3. The highest BCUT2D eigenvalue weighted by Gasteiger charge is 2.25. The first kappa shape index (κ1) is 73.4. The molecule has 0 bridgehead atoms. The molecule has 0 spiro atoms. The van der Waals surface area contributed by atoms with Crippen molar-refractivity contribution >= 4 is 17.9 Å². The van der Waals surface area contributed by atoms with Gasteiger partial charge in [-0.15, -0.1) is 0 Å². The van der Waals surface area contributed by atoms with E-state index < -0.39 is 30.3 Å². The van der Waals surface area contributed by atoms with Gasteiger partial charge in [0, 0.05) is 12.8 Å². The Balaban J connectivity index is 4.42. The molecule has 2 atom stereocenters. The van der Waals surface area contributed by atoms with Crippen LogP contribution in [0.25, 0.3) is 0 Å². The van der Waals surface area contributed by atoms with Crippen LogP contribution in [0.5, 0.6) is 0 Å². The first-order valence-electron chi connectivity index (χ1n) is 29.9. The molecule has 0 aliphatic heterocycles. The van der Waals surface area contributed by atoms with Crippen molar-refractivity contribution < 1.29 is 42.9 Å². The maximum atomic E-state index is 12.9. The number of aliphatic carboxylic acids is 1. The van der Waals surface area contributed by atoms with Crippen molar-refractivity contribution in [3.05, 3.63) is 182 Å². The number of ether oxygens (including phenoxy) is 4. The zero-order valence-electron chi connectivity index (χ0n) is 49.9. The van der Waals surface area contributed by atoms with Crippen molar-refractivity contribution in [2.24, 2.45) is 0 Å². The minimum Gasteiger partial charge on any atom is -0.477 e. The Hall–Kier alpha value is -5.61. The fourth-order valence-electron chi connectivity index (χ4n) is 7.13. The number of carbonyl (C=O) groups excluding carboxylic acids is 2. The maximum Gasteiger partial charge on any atom is 0.361 e. The van der Waals surface area contributed by atoms with E-state index in [1.807, 2.05) is 21.1 Å². The zero-order valence-corrected chi connectivity index (χ0v) is 49.9. The van der Waals surface area contributed by atoms with Gasteiger partial charge in [0.15, 0.2) is 6.10 Å². The van der Waals surface area contributed by atoms with E-state index in [4.69, 9.17) is 18.9 Å². The van der Waals surface area contributed by atoms with Gasteiger partial charge in [0.2, 0.25) is 0 Å². The van der Waals surface area contributed by atoms with Gasteiger partial charge >= 0.3 is 17.9 Å². The summed E-state index contributed by atoms with van der Waals surface area (Å²) in [5.74, 6) is -2.13. The van der Waals surface area contributed by atoms with Crippen molar-refractivity contribution in [2.45, 2.75) is 193 Å². The third-order valence-corrected chi connectivity index (χ3v) is 11.7. The topological polar surface area (TPSA) is 108 Å². The van der Waals surface area contributed by atoms with E-state index in [0.29, 0.717) is 23.9 Å². The van der Waals surface area contributed by atoms with Crippen molar-refractivity contribution in [1.82, 2.24) is 0 Å². The van der Waals surface area contributed by atoms with Crippen LogP contribution in [0.15, 0.2) is 182 Å². The average Bonchev–Trinajstić information content (AvgIpc) is 3.42. The minimum absolute atomic E-state index is 0.164. The monoisotopic (exact) mass is 1090 g/mol. The molecule has 0 radical (unpaired) electrons. The molecule has 0 aromatic carbocycles. The lowest BCUT2D eigenvalue weighted by Gasteiger charge is -2.25. The van der Waals surface area contributed by atoms with E-state index in [0.717, 1.165) is 141 Å². The number of allylic oxidation sites excluding steroid dienone is 30. The molecule has 9 nitrogen and oxygen atoms in total. The number of quaternary nitrogens is 1. The van der Waals surface area contributed by atoms with Gasteiger partial charge in [-0.1, -0.05) is 222 Å². The molecule has 0 aliphatic carbocycles. The van der Waals surface area contributed by atoms with Crippen LogP contribution in [0.4, 0.5) is 0 Å². The Morgan fingerprint density at radius 1 is 0.380 bits per heavy atom. The molecule has 79 heavy (non-hydrogen) atoms. The van der Waals surface area contributed by atoms with Crippen LogP contribution in [0.2, 0.25) is 0 Å². The normalized spacial score (nSPS) is 14.1. The van der Waals surface area contributed by atoms with Crippen LogP contribution >= 0.6 is 0 Å². The second-order valence-electron chi connectivity index (χ2n) is 20.2. The Labute approximate surface area is 481 Å². The predicted molar refractivity (Wildman–Crippen MR) is 336 cm³/mol. The minimum atomic E-state index is -1.54. The summed E-state index contributed by atoms with van der Waals surface area (Å²) in [6.07, 6.45) is 86.9. The lowest BCUT2D eigenvalue weighted by molar-refractivity contribution is -0.870. The third-order valence-electron chi connectivity index (χ3n) is 11.7. The van der Waals surface area contributed by atoms with Gasteiger partial charge in [-0.05, 0) is 128 Å². The first-order chi connectivity index (χ1) is 38.6.